The molecule has 0 radical (unpaired) electrons. The number of aldehydes is 1. The maximum absolute atomic E-state index is 9.98. The van der Waals surface area contributed by atoms with Crippen molar-refractivity contribution in [2.45, 2.75) is 13.8 Å². The van der Waals surface area contributed by atoms with Crippen molar-refractivity contribution in [2.24, 2.45) is 0 Å². The quantitative estimate of drug-likeness (QED) is 0.700. The molecule has 0 saturated carbocycles. The van der Waals surface area contributed by atoms with E-state index in [2.05, 4.69) is 20.9 Å². The van der Waals surface area contributed by atoms with Crippen LogP contribution < -0.4 is 0 Å². The smallest absolute Gasteiger partial charge is 0.151 e. The molecule has 0 aliphatic heterocycles. The lowest BCUT2D eigenvalue weighted by molar-refractivity contribution is 0.112. The third-order valence-electron chi connectivity index (χ3n) is 0.806. The number of aromatic amines is 1. The van der Waals surface area contributed by atoms with E-state index in [9.17, 15) is 4.79 Å². The summed E-state index contributed by atoms with van der Waals surface area (Å²) in [5.74, 6) is 0. The van der Waals surface area contributed by atoms with Crippen LogP contribution in [0.5, 0.6) is 0 Å². The summed E-state index contributed by atoms with van der Waals surface area (Å²) < 4.78 is 0.833. The summed E-state index contributed by atoms with van der Waals surface area (Å²) in [6.07, 6.45) is 2.43. The van der Waals surface area contributed by atoms with Crippen molar-refractivity contribution < 1.29 is 4.79 Å². The molecule has 1 N–H and O–H groups in total. The molecule has 2 nitrogen and oxygen atoms in total. The van der Waals surface area contributed by atoms with Crippen LogP contribution in [0.1, 0.15) is 24.2 Å². The van der Waals surface area contributed by atoms with Crippen molar-refractivity contribution in [1.82, 2.24) is 4.98 Å². The summed E-state index contributed by atoms with van der Waals surface area (Å²) in [5.41, 5.74) is 0.664. The van der Waals surface area contributed by atoms with Gasteiger partial charge in [0.2, 0.25) is 0 Å². The summed E-state index contributed by atoms with van der Waals surface area (Å²) in [6.45, 7) is 4.00. The third kappa shape index (κ3) is 2.82. The Kier molecular flexibility index (Phi) is 4.94. The number of halogens is 1. The van der Waals surface area contributed by atoms with Gasteiger partial charge in [0.1, 0.15) is 0 Å². The zero-order chi connectivity index (χ0) is 7.98. The van der Waals surface area contributed by atoms with Gasteiger partial charge in [-0.05, 0) is 22.0 Å². The molecule has 0 aromatic carbocycles. The molecule has 0 fully saturated rings. The molecule has 0 aliphatic carbocycles. The molecule has 1 aromatic heterocycles. The van der Waals surface area contributed by atoms with E-state index in [0.29, 0.717) is 5.56 Å². The number of hydrogen-bond donors (Lipinski definition) is 1. The minimum Gasteiger partial charge on any atom is -0.355 e. The van der Waals surface area contributed by atoms with Crippen LogP contribution >= 0.6 is 15.9 Å². The normalized spacial score (nSPS) is 7.90. The second kappa shape index (κ2) is 5.23. The lowest BCUT2D eigenvalue weighted by atomic mass is 10.4. The molecule has 1 heterocycles. The highest BCUT2D eigenvalue weighted by Gasteiger charge is 1.90. The summed E-state index contributed by atoms with van der Waals surface area (Å²) in [7, 11) is 0. The molecule has 0 saturated heterocycles. The van der Waals surface area contributed by atoms with Crippen LogP contribution in [-0.4, -0.2) is 11.3 Å². The fraction of sp³-hybridized carbons (Fsp3) is 0.286. The lowest BCUT2D eigenvalue weighted by Crippen LogP contribution is -1.66. The first-order valence-electron chi connectivity index (χ1n) is 3.12. The fourth-order valence-corrected chi connectivity index (χ4v) is 0.829. The molecule has 0 aliphatic rings. The number of nitrogens with one attached hydrogen (secondary N) is 1. The number of aromatic nitrogens is 1. The van der Waals surface area contributed by atoms with Gasteiger partial charge in [-0.25, -0.2) is 0 Å². The SMILES string of the molecule is CC.O=Cc1c[nH]c(Br)c1. The zero-order valence-electron chi connectivity index (χ0n) is 6.02. The summed E-state index contributed by atoms with van der Waals surface area (Å²) in [5, 5.41) is 0. The second-order valence-corrected chi connectivity index (χ2v) is 2.25. The minimum atomic E-state index is 0.664. The molecule has 0 spiro atoms. The summed E-state index contributed by atoms with van der Waals surface area (Å²) >= 11 is 3.16. The van der Waals surface area contributed by atoms with Gasteiger partial charge in [0.15, 0.2) is 6.29 Å². The Balaban J connectivity index is 0.000000371. The average molecular weight is 204 g/mol. The van der Waals surface area contributed by atoms with Crippen molar-refractivity contribution in [3.8, 4) is 0 Å². The largest absolute Gasteiger partial charge is 0.355 e. The Morgan fingerprint density at radius 2 is 2.20 bits per heavy atom. The first-order chi connectivity index (χ1) is 4.83. The maximum atomic E-state index is 9.98. The molecule has 0 atom stereocenters. The van der Waals surface area contributed by atoms with Crippen molar-refractivity contribution in [3.05, 3.63) is 22.4 Å². The van der Waals surface area contributed by atoms with Crippen LogP contribution in [0, 0.1) is 0 Å². The van der Waals surface area contributed by atoms with Gasteiger partial charge in [-0.15, -0.1) is 0 Å². The van der Waals surface area contributed by atoms with Gasteiger partial charge < -0.3 is 4.98 Å². The summed E-state index contributed by atoms with van der Waals surface area (Å²) in [6, 6.07) is 1.72. The predicted octanol–water partition coefficient (Wildman–Crippen LogP) is 2.62. The number of hydrogen-bond acceptors (Lipinski definition) is 1. The number of H-pyrrole nitrogens is 1. The highest BCUT2D eigenvalue weighted by molar-refractivity contribution is 9.10. The average Bonchev–Trinajstić information content (AvgIpc) is 2.40. The molecule has 1 aromatic rings. The van der Waals surface area contributed by atoms with Crippen LogP contribution in [0.15, 0.2) is 16.9 Å². The summed E-state index contributed by atoms with van der Waals surface area (Å²) in [4.78, 5) is 12.8. The molecule has 3 heteroatoms. The Hall–Kier alpha value is -0.570. The Bertz CT molecular complexity index is 195. The van der Waals surface area contributed by atoms with Gasteiger partial charge in [0, 0.05) is 11.8 Å². The van der Waals surface area contributed by atoms with E-state index in [1.165, 1.54) is 0 Å². The van der Waals surface area contributed by atoms with Crippen molar-refractivity contribution >= 4 is 22.2 Å². The van der Waals surface area contributed by atoms with Crippen molar-refractivity contribution in [2.75, 3.05) is 0 Å². The van der Waals surface area contributed by atoms with Gasteiger partial charge >= 0.3 is 0 Å². The molecule has 10 heavy (non-hydrogen) atoms. The van der Waals surface area contributed by atoms with E-state index in [1.54, 1.807) is 12.3 Å². The fourth-order valence-electron chi connectivity index (χ4n) is 0.450. The minimum absolute atomic E-state index is 0.664. The second-order valence-electron chi connectivity index (χ2n) is 1.40. The first kappa shape index (κ1) is 9.43. The number of carbonyl (C=O) groups excluding carboxylic acids is 1. The van der Waals surface area contributed by atoms with Gasteiger partial charge in [-0.3, -0.25) is 4.79 Å². The van der Waals surface area contributed by atoms with E-state index in [-0.39, 0.29) is 0 Å². The van der Waals surface area contributed by atoms with Gasteiger partial charge in [0.05, 0.1) is 4.60 Å². The van der Waals surface area contributed by atoms with E-state index < -0.39 is 0 Å². The lowest BCUT2D eigenvalue weighted by Gasteiger charge is -1.68. The highest BCUT2D eigenvalue weighted by atomic mass is 79.9. The number of carbonyl (C=O) groups is 1. The zero-order valence-corrected chi connectivity index (χ0v) is 7.60. The molecule has 0 bridgehead atoms. The van der Waals surface area contributed by atoms with Crippen LogP contribution in [0.25, 0.3) is 0 Å². The topological polar surface area (TPSA) is 32.9 Å². The van der Waals surface area contributed by atoms with Crippen molar-refractivity contribution in [3.63, 3.8) is 0 Å². The standard InChI is InChI=1S/C5H4BrNO.C2H6/c6-5-1-4(3-8)2-7-5;1-2/h1-3,7H;1-2H3. The Morgan fingerprint density at radius 1 is 1.60 bits per heavy atom. The van der Waals surface area contributed by atoms with Crippen molar-refractivity contribution in [1.29, 1.82) is 0 Å². The Morgan fingerprint density at radius 3 is 2.40 bits per heavy atom. The molecular weight excluding hydrogens is 194 g/mol. The van der Waals surface area contributed by atoms with Gasteiger partial charge in [-0.2, -0.15) is 0 Å². The Labute approximate surface area is 68.8 Å². The van der Waals surface area contributed by atoms with Crippen LogP contribution in [-0.2, 0) is 0 Å². The monoisotopic (exact) mass is 203 g/mol. The molecular formula is C7H10BrNO. The maximum Gasteiger partial charge on any atom is 0.151 e. The van der Waals surface area contributed by atoms with Gasteiger partial charge in [0.25, 0.3) is 0 Å². The van der Waals surface area contributed by atoms with E-state index >= 15 is 0 Å². The molecule has 1 rings (SSSR count). The molecule has 0 unspecified atom stereocenters. The molecule has 0 amide bonds. The van der Waals surface area contributed by atoms with E-state index in [4.69, 9.17) is 0 Å². The third-order valence-corrected chi connectivity index (χ3v) is 1.26. The number of rotatable bonds is 1. The molecule has 56 valence electrons. The first-order valence-corrected chi connectivity index (χ1v) is 3.91. The van der Waals surface area contributed by atoms with Crippen LogP contribution in [0.3, 0.4) is 0 Å². The van der Waals surface area contributed by atoms with Crippen LogP contribution in [0.2, 0.25) is 0 Å². The predicted molar refractivity (Wildman–Crippen MR) is 45.2 cm³/mol. The highest BCUT2D eigenvalue weighted by Crippen LogP contribution is 2.06. The van der Waals surface area contributed by atoms with Gasteiger partial charge in [-0.1, -0.05) is 13.8 Å². The van der Waals surface area contributed by atoms with E-state index in [0.717, 1.165) is 10.9 Å². The van der Waals surface area contributed by atoms with Crippen LogP contribution in [0.4, 0.5) is 0 Å². The van der Waals surface area contributed by atoms with E-state index in [1.807, 2.05) is 13.8 Å².